The van der Waals surface area contributed by atoms with Gasteiger partial charge in [0.1, 0.15) is 10.6 Å². The number of anilines is 1. The van der Waals surface area contributed by atoms with E-state index in [0.717, 1.165) is 29.0 Å². The molecule has 0 saturated carbocycles. The SMILES string of the molecule is CC1CCc2c(sc3nc(SCC(=O)N4CCOCC4)nc(N)c23)C1. The number of morpholine rings is 1. The maximum atomic E-state index is 12.3. The number of nitrogens with zero attached hydrogens (tertiary/aromatic N) is 3. The van der Waals surface area contributed by atoms with E-state index in [2.05, 4.69) is 16.9 Å². The van der Waals surface area contributed by atoms with Crippen LogP contribution in [0.1, 0.15) is 23.8 Å². The standard InChI is InChI=1S/C17H22N4O2S2/c1-10-2-3-11-12(8-10)25-16-14(11)15(18)19-17(20-16)24-9-13(22)21-4-6-23-7-5-21/h10H,2-9H2,1H3,(H2,18,19,20). The van der Waals surface area contributed by atoms with Crippen LogP contribution in [0.25, 0.3) is 10.2 Å². The number of thiophene rings is 1. The van der Waals surface area contributed by atoms with Crippen molar-refractivity contribution in [3.05, 3.63) is 10.4 Å². The van der Waals surface area contributed by atoms with Crippen LogP contribution in [0, 0.1) is 5.92 Å². The van der Waals surface area contributed by atoms with Crippen LogP contribution in [0.2, 0.25) is 0 Å². The fraction of sp³-hybridized carbons (Fsp3) is 0.588. The number of carbonyl (C=O) groups excluding carboxylic acids is 1. The van der Waals surface area contributed by atoms with Gasteiger partial charge in [0.2, 0.25) is 5.91 Å². The van der Waals surface area contributed by atoms with Crippen molar-refractivity contribution in [2.24, 2.45) is 5.92 Å². The summed E-state index contributed by atoms with van der Waals surface area (Å²) in [5, 5.41) is 1.63. The summed E-state index contributed by atoms with van der Waals surface area (Å²) in [7, 11) is 0. The smallest absolute Gasteiger partial charge is 0.233 e. The molecule has 1 atom stereocenters. The highest BCUT2D eigenvalue weighted by molar-refractivity contribution is 7.99. The number of fused-ring (bicyclic) bond motifs is 3. The van der Waals surface area contributed by atoms with Crippen LogP contribution in [0.3, 0.4) is 0 Å². The Morgan fingerprint density at radius 1 is 1.40 bits per heavy atom. The van der Waals surface area contributed by atoms with Gasteiger partial charge in [-0.1, -0.05) is 18.7 Å². The molecule has 0 bridgehead atoms. The number of rotatable bonds is 3. The zero-order chi connectivity index (χ0) is 17.4. The summed E-state index contributed by atoms with van der Waals surface area (Å²) in [6.45, 7) is 4.85. The number of aryl methyl sites for hydroxylation is 1. The zero-order valence-corrected chi connectivity index (χ0v) is 15.9. The van der Waals surface area contributed by atoms with Crippen LogP contribution in [0.4, 0.5) is 5.82 Å². The Morgan fingerprint density at radius 3 is 3.00 bits per heavy atom. The van der Waals surface area contributed by atoms with E-state index in [9.17, 15) is 4.79 Å². The van der Waals surface area contributed by atoms with E-state index in [1.807, 2.05) is 4.90 Å². The van der Waals surface area contributed by atoms with Crippen molar-refractivity contribution >= 4 is 45.0 Å². The number of nitrogens with two attached hydrogens (primary N) is 1. The van der Waals surface area contributed by atoms with Crippen molar-refractivity contribution in [3.63, 3.8) is 0 Å². The summed E-state index contributed by atoms with van der Waals surface area (Å²) in [5.41, 5.74) is 7.58. The monoisotopic (exact) mass is 378 g/mol. The molecule has 134 valence electrons. The minimum absolute atomic E-state index is 0.106. The fourth-order valence-electron chi connectivity index (χ4n) is 3.44. The van der Waals surface area contributed by atoms with Gasteiger partial charge in [-0.25, -0.2) is 9.97 Å². The molecule has 1 saturated heterocycles. The van der Waals surface area contributed by atoms with Gasteiger partial charge in [-0.05, 0) is 30.7 Å². The molecular weight excluding hydrogens is 356 g/mol. The Labute approximate surface area is 155 Å². The van der Waals surface area contributed by atoms with Gasteiger partial charge in [0.15, 0.2) is 5.16 Å². The van der Waals surface area contributed by atoms with Crippen molar-refractivity contribution in [1.82, 2.24) is 14.9 Å². The lowest BCUT2D eigenvalue weighted by molar-refractivity contribution is -0.132. The second kappa shape index (κ2) is 7.09. The Kier molecular flexibility index (Phi) is 4.84. The van der Waals surface area contributed by atoms with Crippen LogP contribution < -0.4 is 5.73 Å². The number of thioether (sulfide) groups is 1. The van der Waals surface area contributed by atoms with E-state index >= 15 is 0 Å². The molecule has 2 N–H and O–H groups in total. The highest BCUT2D eigenvalue weighted by Gasteiger charge is 2.24. The highest BCUT2D eigenvalue weighted by atomic mass is 32.2. The van der Waals surface area contributed by atoms with Gasteiger partial charge in [-0.2, -0.15) is 0 Å². The lowest BCUT2D eigenvalue weighted by atomic mass is 9.89. The summed E-state index contributed by atoms with van der Waals surface area (Å²) in [4.78, 5) is 25.6. The highest BCUT2D eigenvalue weighted by Crippen LogP contribution is 2.39. The first kappa shape index (κ1) is 17.1. The lowest BCUT2D eigenvalue weighted by Crippen LogP contribution is -2.41. The number of hydrogen-bond donors (Lipinski definition) is 1. The van der Waals surface area contributed by atoms with E-state index in [4.69, 9.17) is 10.5 Å². The third-order valence-corrected chi connectivity index (χ3v) is 6.83. The number of aromatic nitrogens is 2. The summed E-state index contributed by atoms with van der Waals surface area (Å²) < 4.78 is 5.28. The quantitative estimate of drug-likeness (QED) is 0.652. The van der Waals surface area contributed by atoms with Gasteiger partial charge in [-0.3, -0.25) is 4.79 Å². The summed E-state index contributed by atoms with van der Waals surface area (Å²) in [6, 6.07) is 0. The molecule has 25 heavy (non-hydrogen) atoms. The zero-order valence-electron chi connectivity index (χ0n) is 14.3. The summed E-state index contributed by atoms with van der Waals surface area (Å²) in [6.07, 6.45) is 3.36. The second-order valence-electron chi connectivity index (χ2n) is 6.71. The molecule has 1 unspecified atom stereocenters. The predicted octanol–water partition coefficient (Wildman–Crippen LogP) is 2.35. The Hall–Kier alpha value is -1.38. The minimum atomic E-state index is 0.106. The second-order valence-corrected chi connectivity index (χ2v) is 8.73. The molecule has 2 aromatic heterocycles. The minimum Gasteiger partial charge on any atom is -0.383 e. The molecular formula is C17H22N4O2S2. The molecule has 0 spiro atoms. The molecule has 0 aromatic carbocycles. The molecule has 1 aliphatic carbocycles. The van der Waals surface area contributed by atoms with Crippen molar-refractivity contribution in [2.45, 2.75) is 31.3 Å². The average molecular weight is 379 g/mol. The lowest BCUT2D eigenvalue weighted by Gasteiger charge is -2.26. The van der Waals surface area contributed by atoms with Gasteiger partial charge in [0.25, 0.3) is 0 Å². The Morgan fingerprint density at radius 2 is 2.20 bits per heavy atom. The van der Waals surface area contributed by atoms with Gasteiger partial charge in [-0.15, -0.1) is 11.3 Å². The molecule has 1 fully saturated rings. The first-order valence-electron chi connectivity index (χ1n) is 8.68. The van der Waals surface area contributed by atoms with Gasteiger partial charge >= 0.3 is 0 Å². The Bertz CT molecular complexity index is 802. The van der Waals surface area contributed by atoms with Crippen LogP contribution in [-0.4, -0.2) is 52.8 Å². The molecule has 8 heteroatoms. The summed E-state index contributed by atoms with van der Waals surface area (Å²) in [5.74, 6) is 1.72. The number of amides is 1. The predicted molar refractivity (Wildman–Crippen MR) is 101 cm³/mol. The van der Waals surface area contributed by atoms with Gasteiger partial charge in [0, 0.05) is 18.0 Å². The fourth-order valence-corrected chi connectivity index (χ4v) is 5.65. The number of ether oxygens (including phenoxy) is 1. The van der Waals surface area contributed by atoms with E-state index in [-0.39, 0.29) is 5.91 Å². The number of nitrogen functional groups attached to an aromatic ring is 1. The van der Waals surface area contributed by atoms with Crippen molar-refractivity contribution in [3.8, 4) is 0 Å². The maximum absolute atomic E-state index is 12.3. The van der Waals surface area contributed by atoms with Crippen LogP contribution in [-0.2, 0) is 22.4 Å². The van der Waals surface area contributed by atoms with E-state index in [1.54, 1.807) is 11.3 Å². The number of hydrogen-bond acceptors (Lipinski definition) is 7. The first-order valence-corrected chi connectivity index (χ1v) is 10.5. The molecule has 3 heterocycles. The molecule has 1 aliphatic heterocycles. The average Bonchev–Trinajstić information content (AvgIpc) is 2.98. The molecule has 2 aromatic rings. The molecule has 0 radical (unpaired) electrons. The van der Waals surface area contributed by atoms with Crippen molar-refractivity contribution in [1.29, 1.82) is 0 Å². The van der Waals surface area contributed by atoms with E-state index in [0.29, 0.717) is 43.0 Å². The molecule has 4 rings (SSSR count). The third-order valence-electron chi connectivity index (χ3n) is 4.85. The third kappa shape index (κ3) is 3.47. The van der Waals surface area contributed by atoms with Crippen LogP contribution in [0.5, 0.6) is 0 Å². The molecule has 2 aliphatic rings. The van der Waals surface area contributed by atoms with Gasteiger partial charge < -0.3 is 15.4 Å². The van der Waals surface area contributed by atoms with Crippen LogP contribution in [0.15, 0.2) is 5.16 Å². The number of carbonyl (C=O) groups is 1. The molecule has 6 nitrogen and oxygen atoms in total. The first-order chi connectivity index (χ1) is 12.1. The normalized spacial score (nSPS) is 20.7. The van der Waals surface area contributed by atoms with Crippen LogP contribution >= 0.6 is 23.1 Å². The van der Waals surface area contributed by atoms with Gasteiger partial charge in [0.05, 0.1) is 24.4 Å². The Balaban J connectivity index is 1.52. The maximum Gasteiger partial charge on any atom is 0.233 e. The topological polar surface area (TPSA) is 81.3 Å². The van der Waals surface area contributed by atoms with E-state index < -0.39 is 0 Å². The largest absolute Gasteiger partial charge is 0.383 e. The van der Waals surface area contributed by atoms with Crippen molar-refractivity contribution in [2.75, 3.05) is 37.8 Å². The molecule has 1 amide bonds. The summed E-state index contributed by atoms with van der Waals surface area (Å²) >= 11 is 3.11. The van der Waals surface area contributed by atoms with Crippen molar-refractivity contribution < 1.29 is 9.53 Å². The van der Waals surface area contributed by atoms with E-state index in [1.165, 1.54) is 28.6 Å².